The first-order valence-electron chi connectivity index (χ1n) is 19.2. The van der Waals surface area contributed by atoms with E-state index in [4.69, 9.17) is 9.98 Å². The van der Waals surface area contributed by atoms with Crippen molar-refractivity contribution in [2.75, 3.05) is 0 Å². The second-order valence-electron chi connectivity index (χ2n) is 14.0. The van der Waals surface area contributed by atoms with Crippen LogP contribution in [-0.4, -0.2) is 11.4 Å². The molecule has 2 aliphatic carbocycles. The molecular weight excluding hydrogens is 665 g/mol. The highest BCUT2D eigenvalue weighted by atomic mass is 14.8. The van der Waals surface area contributed by atoms with Crippen molar-refractivity contribution in [2.24, 2.45) is 9.98 Å². The lowest BCUT2D eigenvalue weighted by Gasteiger charge is -2.32. The summed E-state index contributed by atoms with van der Waals surface area (Å²) in [5.41, 5.74) is 16.0. The van der Waals surface area contributed by atoms with Gasteiger partial charge >= 0.3 is 0 Å². The van der Waals surface area contributed by atoms with Crippen LogP contribution < -0.4 is 0 Å². The SMILES string of the molecule is C\C=C/C(=C\C1=Cc2ccccc2C12C(C)=C(C/C=C\C/C(=N/c1ccccc1)c1ccccc1)c1ccccc12)C(=N/c1ccccc1)/c1ccccc1. The summed E-state index contributed by atoms with van der Waals surface area (Å²) in [6.07, 6.45) is 15.3. The molecule has 0 saturated heterocycles. The van der Waals surface area contributed by atoms with Crippen LogP contribution in [0.25, 0.3) is 11.6 Å². The fourth-order valence-electron chi connectivity index (χ4n) is 8.21. The maximum Gasteiger partial charge on any atom is 0.0781 e. The number of benzene rings is 6. The third-order valence-corrected chi connectivity index (χ3v) is 10.7. The van der Waals surface area contributed by atoms with E-state index >= 15 is 0 Å². The number of fused-ring (bicyclic) bond motifs is 4. The van der Waals surface area contributed by atoms with Crippen molar-refractivity contribution in [2.45, 2.75) is 32.1 Å². The van der Waals surface area contributed by atoms with E-state index in [1.54, 1.807) is 0 Å². The number of hydrogen-bond acceptors (Lipinski definition) is 2. The highest BCUT2D eigenvalue weighted by Crippen LogP contribution is 2.59. The predicted octanol–water partition coefficient (Wildman–Crippen LogP) is 13.6. The van der Waals surface area contributed by atoms with Crippen LogP contribution in [0, 0.1) is 0 Å². The molecule has 8 rings (SSSR count). The molecule has 0 aliphatic heterocycles. The molecule has 1 unspecified atom stereocenters. The van der Waals surface area contributed by atoms with Gasteiger partial charge in [0.25, 0.3) is 0 Å². The maximum absolute atomic E-state index is 5.28. The number of nitrogens with zero attached hydrogens (tertiary/aromatic N) is 2. The fourth-order valence-corrected chi connectivity index (χ4v) is 8.21. The van der Waals surface area contributed by atoms with E-state index in [1.165, 1.54) is 39.0 Å². The van der Waals surface area contributed by atoms with Gasteiger partial charge in [-0.25, -0.2) is 4.99 Å². The summed E-state index contributed by atoms with van der Waals surface area (Å²) in [5, 5.41) is 0. The summed E-state index contributed by atoms with van der Waals surface area (Å²) in [6.45, 7) is 4.44. The first kappa shape index (κ1) is 35.4. The summed E-state index contributed by atoms with van der Waals surface area (Å²) in [4.78, 5) is 10.4. The number of allylic oxidation sites excluding steroid dienone is 9. The van der Waals surface area contributed by atoms with Crippen LogP contribution in [0.2, 0.25) is 0 Å². The van der Waals surface area contributed by atoms with Crippen molar-refractivity contribution in [1.82, 2.24) is 0 Å². The molecule has 266 valence electrons. The molecule has 0 fully saturated rings. The Hall–Kier alpha value is -6.64. The Morgan fingerprint density at radius 2 is 1.15 bits per heavy atom. The van der Waals surface area contributed by atoms with Gasteiger partial charge in [0.15, 0.2) is 0 Å². The minimum absolute atomic E-state index is 0.429. The lowest BCUT2D eigenvalue weighted by molar-refractivity contribution is 0.758. The molecular formula is C53H44N2. The molecule has 2 heteroatoms. The van der Waals surface area contributed by atoms with Crippen LogP contribution in [0.4, 0.5) is 11.4 Å². The Balaban J connectivity index is 1.22. The van der Waals surface area contributed by atoms with Gasteiger partial charge in [-0.1, -0.05) is 170 Å². The molecule has 6 aromatic carbocycles. The normalized spacial score (nSPS) is 17.0. The van der Waals surface area contributed by atoms with Crippen molar-refractivity contribution in [3.63, 3.8) is 0 Å². The average molecular weight is 709 g/mol. The minimum atomic E-state index is -0.429. The topological polar surface area (TPSA) is 24.7 Å². The van der Waals surface area contributed by atoms with Gasteiger partial charge in [-0.05, 0) is 101 Å². The van der Waals surface area contributed by atoms with Crippen LogP contribution in [0.15, 0.2) is 227 Å². The lowest BCUT2D eigenvalue weighted by atomic mass is 9.69. The molecule has 0 amide bonds. The van der Waals surface area contributed by atoms with E-state index in [9.17, 15) is 0 Å². The smallest absolute Gasteiger partial charge is 0.0781 e. The largest absolute Gasteiger partial charge is 0.253 e. The quantitative estimate of drug-likeness (QED) is 0.0727. The Labute approximate surface area is 325 Å². The molecule has 0 heterocycles. The van der Waals surface area contributed by atoms with Crippen molar-refractivity contribution in [3.8, 4) is 0 Å². The predicted molar refractivity (Wildman–Crippen MR) is 234 cm³/mol. The van der Waals surface area contributed by atoms with Gasteiger partial charge in [0, 0.05) is 17.6 Å². The Morgan fingerprint density at radius 1 is 0.582 bits per heavy atom. The lowest BCUT2D eigenvalue weighted by Crippen LogP contribution is -2.27. The summed E-state index contributed by atoms with van der Waals surface area (Å²) >= 11 is 0. The number of hydrogen-bond donors (Lipinski definition) is 0. The third kappa shape index (κ3) is 7.07. The molecule has 2 nitrogen and oxygen atoms in total. The van der Waals surface area contributed by atoms with Gasteiger partial charge in [0.05, 0.1) is 28.2 Å². The van der Waals surface area contributed by atoms with Crippen molar-refractivity contribution in [1.29, 1.82) is 0 Å². The molecule has 0 N–H and O–H groups in total. The Morgan fingerprint density at radius 3 is 1.82 bits per heavy atom. The zero-order valence-electron chi connectivity index (χ0n) is 31.4. The first-order valence-corrected chi connectivity index (χ1v) is 19.2. The summed E-state index contributed by atoms with van der Waals surface area (Å²) < 4.78 is 0. The van der Waals surface area contributed by atoms with E-state index in [0.29, 0.717) is 0 Å². The molecule has 1 atom stereocenters. The molecule has 1 spiro atoms. The Kier molecular flexibility index (Phi) is 10.4. The van der Waals surface area contributed by atoms with Gasteiger partial charge < -0.3 is 0 Å². The van der Waals surface area contributed by atoms with Gasteiger partial charge in [0.1, 0.15) is 0 Å². The van der Waals surface area contributed by atoms with Crippen molar-refractivity contribution in [3.05, 3.63) is 250 Å². The first-order chi connectivity index (χ1) is 27.2. The van der Waals surface area contributed by atoms with E-state index in [2.05, 4.69) is 184 Å². The Bertz CT molecular complexity index is 2510. The molecule has 0 bridgehead atoms. The van der Waals surface area contributed by atoms with Gasteiger partial charge in [-0.15, -0.1) is 0 Å². The van der Waals surface area contributed by atoms with E-state index in [-0.39, 0.29) is 0 Å². The zero-order valence-corrected chi connectivity index (χ0v) is 31.4. The number of aliphatic imine (C=N–C) groups is 2. The second kappa shape index (κ2) is 16.2. The molecule has 2 aliphatic rings. The van der Waals surface area contributed by atoms with Crippen molar-refractivity contribution < 1.29 is 0 Å². The molecule has 0 aromatic heterocycles. The highest BCUT2D eigenvalue weighted by Gasteiger charge is 2.49. The standard InChI is InChI=1S/C53H44N2/c1-3-22-43(52(41-25-10-5-11-26-41)55-46-30-14-7-15-31-46)38-44-37-42-27-16-19-34-49(42)53(44)39(2)47(48-33-17-20-35-50(48)53)32-18-21-36-51(40-23-8-4-9-24-40)54-45-28-12-6-13-29-45/h3-31,33-35,37-38H,32,36H2,1-2H3/b21-18-,22-3-,43-38+,54-51-,55-52+. The van der Waals surface area contributed by atoms with Crippen LogP contribution in [0.5, 0.6) is 0 Å². The number of para-hydroxylation sites is 2. The van der Waals surface area contributed by atoms with E-state index in [1.807, 2.05) is 36.4 Å². The van der Waals surface area contributed by atoms with Crippen molar-refractivity contribution >= 4 is 34.4 Å². The molecule has 6 aromatic rings. The zero-order chi connectivity index (χ0) is 37.5. The van der Waals surface area contributed by atoms with Crippen LogP contribution in [-0.2, 0) is 5.41 Å². The van der Waals surface area contributed by atoms with Gasteiger partial charge in [-0.2, -0.15) is 0 Å². The van der Waals surface area contributed by atoms with E-state index < -0.39 is 5.41 Å². The third-order valence-electron chi connectivity index (χ3n) is 10.7. The average Bonchev–Trinajstić information content (AvgIpc) is 3.70. The van der Waals surface area contributed by atoms with Crippen LogP contribution in [0.3, 0.4) is 0 Å². The molecule has 55 heavy (non-hydrogen) atoms. The highest BCUT2D eigenvalue weighted by molar-refractivity contribution is 6.16. The second-order valence-corrected chi connectivity index (χ2v) is 14.0. The van der Waals surface area contributed by atoms with Crippen LogP contribution >= 0.6 is 0 Å². The van der Waals surface area contributed by atoms with Gasteiger partial charge in [0.2, 0.25) is 0 Å². The molecule has 0 radical (unpaired) electrons. The van der Waals surface area contributed by atoms with Crippen LogP contribution in [0.1, 0.15) is 60.1 Å². The summed E-state index contributed by atoms with van der Waals surface area (Å²) in [7, 11) is 0. The van der Waals surface area contributed by atoms with E-state index in [0.717, 1.165) is 52.3 Å². The maximum atomic E-state index is 5.28. The summed E-state index contributed by atoms with van der Waals surface area (Å²) in [5.74, 6) is 0. The summed E-state index contributed by atoms with van der Waals surface area (Å²) in [6, 6.07) is 59.5. The fraction of sp³-hybridized carbons (Fsp3) is 0.0943. The minimum Gasteiger partial charge on any atom is -0.253 e. The van der Waals surface area contributed by atoms with Gasteiger partial charge in [-0.3, -0.25) is 4.99 Å². The monoisotopic (exact) mass is 708 g/mol. The molecule has 0 saturated carbocycles. The number of rotatable bonds is 11.